The number of carbonyl (C=O) groups is 2. The van der Waals surface area contributed by atoms with Crippen LogP contribution in [0, 0.1) is 0 Å². The fourth-order valence-corrected chi connectivity index (χ4v) is 13.5. The van der Waals surface area contributed by atoms with E-state index in [2.05, 4.69) is 10.6 Å². The number of hydrogen-bond acceptors (Lipinski definition) is 46. The molecule has 48 nitrogen and oxygen atoms in total. The van der Waals surface area contributed by atoms with Gasteiger partial charge >= 0.3 is 0 Å². The van der Waals surface area contributed by atoms with Gasteiger partial charge in [0.25, 0.3) is 0 Å². The third kappa shape index (κ3) is 18.7. The maximum atomic E-state index is 12.9. The molecule has 106 heavy (non-hydrogen) atoms. The van der Waals surface area contributed by atoms with Gasteiger partial charge in [0.1, 0.15) is 220 Å². The molecule has 0 radical (unpaired) electrons. The maximum absolute atomic E-state index is 12.9. The molecule has 29 N–H and O–H groups in total. The van der Waals surface area contributed by atoms with E-state index in [0.29, 0.717) is 0 Å². The lowest BCUT2D eigenvalue weighted by atomic mass is 9.94. The Balaban J connectivity index is 1.06. The van der Waals surface area contributed by atoms with Crippen molar-refractivity contribution < 1.29 is 228 Å². The smallest absolute Gasteiger partial charge is 0.217 e. The molecule has 0 aromatic heterocycles. The van der Waals surface area contributed by atoms with Crippen molar-refractivity contribution in [1.29, 1.82) is 0 Å². The SMILES string of the molecule is CC(=O)N[C@@H]1[C@@H](O)[C@H](O[C@@H]2O[C@H](CO)[C@@H](O[C@@H]3O[C@H](CO[C@H]4O[C@H](CO)[C@@H](O)[C@H](O)[C@@H]4O[C@H]4O[C@H](CO)[C@@H](O)[C@H](O)[C@@H]4O[C@H]4O[C@H](CO)[C@@H](O)[C@H](O)[C@@H]4O)[C@@H](O)[C@H](O[C@H]4O[C@H](CO[C@H]5O[C@H](CO)[C@@H](O)[C@H](O)[C@@H]5O)[C@@H](O)[C@H](O[C@H]5O[C@H](CO)[C@@H](O)[C@H](O)[C@@H]5O)[C@@H]4O)[C@@H]3O)[C@H](O)[C@H]2NC(C)=O)[C@@H](CO)O[C@H]1O. The van der Waals surface area contributed by atoms with Gasteiger partial charge in [-0.1, -0.05) is 0 Å². The van der Waals surface area contributed by atoms with Crippen LogP contribution in [0.1, 0.15) is 13.8 Å². The number of rotatable bonds is 27. The molecule has 9 saturated heterocycles. The number of aliphatic hydroxyl groups is 27. The van der Waals surface area contributed by atoms with Crippen LogP contribution in [0.5, 0.6) is 0 Å². The van der Waals surface area contributed by atoms with E-state index >= 15 is 0 Å². The minimum atomic E-state index is -2.58. The van der Waals surface area contributed by atoms with Crippen LogP contribution in [-0.4, -0.2) is 485 Å². The van der Waals surface area contributed by atoms with Crippen molar-refractivity contribution in [3.8, 4) is 0 Å². The highest BCUT2D eigenvalue weighted by atomic mass is 16.8. The van der Waals surface area contributed by atoms with E-state index in [-0.39, 0.29) is 0 Å². The lowest BCUT2D eigenvalue weighted by molar-refractivity contribution is -0.401. The molecule has 0 aromatic carbocycles. The Morgan fingerprint density at radius 3 is 0.934 bits per heavy atom. The first-order valence-corrected chi connectivity index (χ1v) is 33.7. The lowest BCUT2D eigenvalue weighted by Crippen LogP contribution is -2.70. The topological polar surface area (TPSA) is 761 Å². The van der Waals surface area contributed by atoms with E-state index in [1.54, 1.807) is 0 Å². The van der Waals surface area contributed by atoms with Gasteiger partial charge in [0, 0.05) is 13.8 Å². The number of carbonyl (C=O) groups excluding carboxylic acids is 2. The molecule has 9 aliphatic rings. The lowest BCUT2D eigenvalue weighted by Gasteiger charge is -2.51. The predicted octanol–water partition coefficient (Wildman–Crippen LogP) is -20.3. The normalized spacial score (nSPS) is 51.2. The molecule has 0 unspecified atom stereocenters. The largest absolute Gasteiger partial charge is 0.394 e. The molecular formula is C58H98N2O46. The highest BCUT2D eigenvalue weighted by Gasteiger charge is 2.60. The van der Waals surface area contributed by atoms with Crippen LogP contribution in [-0.2, 0) is 90.1 Å². The fourth-order valence-electron chi connectivity index (χ4n) is 13.5. The Kier molecular flexibility index (Phi) is 31.1. The molecule has 45 atom stereocenters. The second kappa shape index (κ2) is 37.9. The van der Waals surface area contributed by atoms with Crippen LogP contribution in [0.3, 0.4) is 0 Å². The highest BCUT2D eigenvalue weighted by molar-refractivity contribution is 5.73. The molecule has 0 aliphatic carbocycles. The summed E-state index contributed by atoms with van der Waals surface area (Å²) in [6.07, 6.45) is -90.8. The fraction of sp³-hybridized carbons (Fsp3) is 0.966. The van der Waals surface area contributed by atoms with Crippen LogP contribution < -0.4 is 10.6 Å². The molecule has 0 bridgehead atoms. The molecule has 616 valence electrons. The van der Waals surface area contributed by atoms with Crippen LogP contribution in [0.2, 0.25) is 0 Å². The minimum absolute atomic E-state index is 0.788. The van der Waals surface area contributed by atoms with Gasteiger partial charge in [-0.05, 0) is 0 Å². The monoisotopic (exact) mass is 1560 g/mol. The van der Waals surface area contributed by atoms with E-state index in [0.717, 1.165) is 13.8 Å². The van der Waals surface area contributed by atoms with Gasteiger partial charge < -0.3 is 229 Å². The molecule has 9 heterocycles. The first-order chi connectivity index (χ1) is 50.2. The summed E-state index contributed by atoms with van der Waals surface area (Å²) in [5, 5.41) is 301. The van der Waals surface area contributed by atoms with E-state index < -0.39 is 348 Å². The molecule has 0 saturated carbocycles. The van der Waals surface area contributed by atoms with E-state index in [1.165, 1.54) is 0 Å². The molecule has 0 aromatic rings. The number of amides is 2. The summed E-state index contributed by atoms with van der Waals surface area (Å²) in [4.78, 5) is 25.1. The summed E-state index contributed by atoms with van der Waals surface area (Å²) >= 11 is 0. The van der Waals surface area contributed by atoms with Gasteiger partial charge in [-0.2, -0.15) is 0 Å². The third-order valence-electron chi connectivity index (χ3n) is 19.5. The Hall–Kier alpha value is -2.82. The molecule has 0 spiro atoms. The average molecular weight is 1560 g/mol. The van der Waals surface area contributed by atoms with Crippen LogP contribution >= 0.6 is 0 Å². The van der Waals surface area contributed by atoms with Gasteiger partial charge in [0.2, 0.25) is 11.8 Å². The van der Waals surface area contributed by atoms with Crippen LogP contribution in [0.25, 0.3) is 0 Å². The van der Waals surface area contributed by atoms with Crippen LogP contribution in [0.15, 0.2) is 0 Å². The van der Waals surface area contributed by atoms with Gasteiger partial charge in [0.05, 0.1) is 59.5 Å². The zero-order valence-corrected chi connectivity index (χ0v) is 56.2. The van der Waals surface area contributed by atoms with Gasteiger partial charge in [-0.3, -0.25) is 9.59 Å². The number of aliphatic hydroxyl groups excluding tert-OH is 27. The molecule has 9 rings (SSSR count). The second-order valence-corrected chi connectivity index (χ2v) is 26.7. The summed E-state index contributed by atoms with van der Waals surface area (Å²) in [7, 11) is 0. The average Bonchev–Trinajstić information content (AvgIpc) is 0.768. The quantitative estimate of drug-likeness (QED) is 0.0363. The zero-order valence-electron chi connectivity index (χ0n) is 56.2. The van der Waals surface area contributed by atoms with Gasteiger partial charge in [-0.15, -0.1) is 0 Å². The first-order valence-electron chi connectivity index (χ1n) is 33.7. The van der Waals surface area contributed by atoms with Crippen molar-refractivity contribution in [2.75, 3.05) is 59.5 Å². The van der Waals surface area contributed by atoms with E-state index in [4.69, 9.17) is 80.5 Å². The Morgan fingerprint density at radius 1 is 0.245 bits per heavy atom. The van der Waals surface area contributed by atoms with Crippen molar-refractivity contribution >= 4 is 11.8 Å². The molecule has 2 amide bonds. The number of hydrogen-bond donors (Lipinski definition) is 29. The van der Waals surface area contributed by atoms with Gasteiger partial charge in [0.15, 0.2) is 56.6 Å². The van der Waals surface area contributed by atoms with Crippen molar-refractivity contribution in [3.05, 3.63) is 0 Å². The number of nitrogens with one attached hydrogen (secondary N) is 2. The van der Waals surface area contributed by atoms with Crippen molar-refractivity contribution in [3.63, 3.8) is 0 Å². The molecule has 9 aliphatic heterocycles. The van der Waals surface area contributed by atoms with Crippen LogP contribution in [0.4, 0.5) is 0 Å². The Labute approximate surface area is 598 Å². The zero-order chi connectivity index (χ0) is 77.9. The third-order valence-corrected chi connectivity index (χ3v) is 19.5. The predicted molar refractivity (Wildman–Crippen MR) is 320 cm³/mol. The van der Waals surface area contributed by atoms with Crippen molar-refractivity contribution in [2.24, 2.45) is 0 Å². The summed E-state index contributed by atoms with van der Waals surface area (Å²) < 4.78 is 98.9. The summed E-state index contributed by atoms with van der Waals surface area (Å²) in [6.45, 7) is -7.74. The molecular weight excluding hydrogens is 1460 g/mol. The van der Waals surface area contributed by atoms with Gasteiger partial charge in [-0.25, -0.2) is 0 Å². The molecule has 48 heteroatoms. The summed E-state index contributed by atoms with van der Waals surface area (Å²) in [6, 6.07) is -3.57. The minimum Gasteiger partial charge on any atom is -0.394 e. The van der Waals surface area contributed by atoms with Crippen molar-refractivity contribution in [1.82, 2.24) is 10.6 Å². The molecule has 9 fully saturated rings. The Morgan fingerprint density at radius 2 is 0.519 bits per heavy atom. The standard InChI is InChI=1S/C58H98N2O46/c1-12(68)59-23-32(77)44(19(8-66)92-50(23)89)101-51-24(60-13(2)69)33(78)45(20(9-67)98-51)102-55-42(87)47(104-56-43(88)46(103-53-40(85)35(80)26(71)15(4-62)94-53)30(75)21(100-56)10-90-52-39(84)34(79)25(70)14(3-61)93-52)31(76)22(99-55)11-91-57-48(37(82)28(73)17(6-64)96-57)106-58-49(38(83)29(74)18(7-65)97-58)105-54-41(86)36(81)27(72)16(5-63)95-54/h14-58,61-67,70-89H,3-11H2,1-2H3,(H,59,68)(H,60,69)/t14-,15-,16-,17-,18-,19-,20-,21-,22-,23-,24-,25-,26-,27-,28-,29-,30-,31-,32-,33-,34+,35+,36+,37+,38+,39+,40+,41+,42+,43+,44-,45-,46+,47+,48+,49+,50-,51+,52+,53-,54-,55+,56-,57+,58-/m1/s1. The first kappa shape index (κ1) is 87.2. The van der Waals surface area contributed by atoms with E-state index in [1.807, 2.05) is 0 Å². The Bertz CT molecular complexity index is 2710. The summed E-state index contributed by atoms with van der Waals surface area (Å²) in [5.41, 5.74) is 0. The maximum Gasteiger partial charge on any atom is 0.217 e. The number of ether oxygens (including phenoxy) is 17. The second-order valence-electron chi connectivity index (χ2n) is 26.7. The highest BCUT2D eigenvalue weighted by Crippen LogP contribution is 2.39. The van der Waals surface area contributed by atoms with E-state index in [9.17, 15) is 147 Å². The van der Waals surface area contributed by atoms with Crippen molar-refractivity contribution in [2.45, 2.75) is 290 Å². The summed E-state index contributed by atoms with van der Waals surface area (Å²) in [5.74, 6) is -1.73.